The van der Waals surface area contributed by atoms with Crippen molar-refractivity contribution >= 4 is 17.3 Å². The predicted molar refractivity (Wildman–Crippen MR) is 77.5 cm³/mol. The van der Waals surface area contributed by atoms with Crippen molar-refractivity contribution in [3.8, 4) is 0 Å². The lowest BCUT2D eigenvalue weighted by molar-refractivity contribution is -0.117. The van der Waals surface area contributed by atoms with Gasteiger partial charge in [-0.2, -0.15) is 5.10 Å². The van der Waals surface area contributed by atoms with Crippen molar-refractivity contribution in [3.05, 3.63) is 51.9 Å². The summed E-state index contributed by atoms with van der Waals surface area (Å²) in [7, 11) is 0. The largest absolute Gasteiger partial charge is 0.398 e. The lowest BCUT2D eigenvalue weighted by Gasteiger charge is -2.08. The van der Waals surface area contributed by atoms with E-state index in [1.54, 1.807) is 25.3 Å². The van der Waals surface area contributed by atoms with Gasteiger partial charge < -0.3 is 11.1 Å². The highest BCUT2D eigenvalue weighted by atomic mass is 16.2. The number of amides is 1. The first-order chi connectivity index (χ1) is 9.45. The Bertz CT molecular complexity index is 707. The molecule has 0 aliphatic rings. The Morgan fingerprint density at radius 2 is 2.10 bits per heavy atom. The van der Waals surface area contributed by atoms with Crippen LogP contribution in [0.2, 0.25) is 0 Å². The van der Waals surface area contributed by atoms with Crippen molar-refractivity contribution in [3.63, 3.8) is 0 Å². The number of carbonyl (C=O) groups excluding carboxylic acids is 1. The second-order valence-corrected chi connectivity index (χ2v) is 4.65. The number of nitrogen functional groups attached to an aromatic ring is 1. The summed E-state index contributed by atoms with van der Waals surface area (Å²) < 4.78 is 1.11. The molecule has 20 heavy (non-hydrogen) atoms. The van der Waals surface area contributed by atoms with E-state index in [9.17, 15) is 9.59 Å². The summed E-state index contributed by atoms with van der Waals surface area (Å²) in [4.78, 5) is 23.5. The molecule has 0 aliphatic heterocycles. The topological polar surface area (TPSA) is 90.0 Å². The van der Waals surface area contributed by atoms with Crippen molar-refractivity contribution in [2.24, 2.45) is 0 Å². The van der Waals surface area contributed by atoms with E-state index in [2.05, 4.69) is 10.4 Å². The van der Waals surface area contributed by atoms with Gasteiger partial charge in [0.1, 0.15) is 6.54 Å². The molecule has 2 rings (SSSR count). The van der Waals surface area contributed by atoms with Gasteiger partial charge in [-0.05, 0) is 37.1 Å². The zero-order chi connectivity index (χ0) is 14.7. The number of nitrogens with two attached hydrogens (primary N) is 1. The number of carbonyl (C=O) groups is 1. The molecule has 0 unspecified atom stereocenters. The first-order valence-electron chi connectivity index (χ1n) is 6.15. The summed E-state index contributed by atoms with van der Waals surface area (Å²) in [6, 6.07) is 6.69. The van der Waals surface area contributed by atoms with Crippen molar-refractivity contribution in [1.29, 1.82) is 0 Å². The Balaban J connectivity index is 2.09. The maximum atomic E-state index is 11.9. The molecule has 6 heteroatoms. The van der Waals surface area contributed by atoms with Crippen molar-refractivity contribution in [2.45, 2.75) is 20.4 Å². The Hall–Kier alpha value is -2.63. The lowest BCUT2D eigenvalue weighted by Crippen LogP contribution is -2.29. The van der Waals surface area contributed by atoms with Gasteiger partial charge in [0, 0.05) is 17.4 Å². The summed E-state index contributed by atoms with van der Waals surface area (Å²) in [6.45, 7) is 3.53. The van der Waals surface area contributed by atoms with E-state index >= 15 is 0 Å². The molecule has 0 fully saturated rings. The molecular formula is C14H16N4O2. The third-order valence-electron chi connectivity index (χ3n) is 2.86. The number of nitrogens with zero attached hydrogens (tertiary/aromatic N) is 2. The minimum absolute atomic E-state index is 0.132. The molecule has 1 amide bonds. The molecule has 6 nitrogen and oxygen atoms in total. The fourth-order valence-corrected chi connectivity index (χ4v) is 1.70. The van der Waals surface area contributed by atoms with Crippen LogP contribution in [0.5, 0.6) is 0 Å². The number of aromatic nitrogens is 2. The van der Waals surface area contributed by atoms with E-state index in [4.69, 9.17) is 5.73 Å². The fourth-order valence-electron chi connectivity index (χ4n) is 1.70. The number of hydrogen-bond donors (Lipinski definition) is 2. The van der Waals surface area contributed by atoms with E-state index in [1.165, 1.54) is 6.07 Å². The highest BCUT2D eigenvalue weighted by Gasteiger charge is 2.07. The van der Waals surface area contributed by atoms with Gasteiger partial charge >= 0.3 is 0 Å². The number of hydrogen-bond acceptors (Lipinski definition) is 4. The van der Waals surface area contributed by atoms with Crippen molar-refractivity contribution < 1.29 is 4.79 Å². The molecule has 0 aliphatic carbocycles. The van der Waals surface area contributed by atoms with Gasteiger partial charge in [-0.1, -0.05) is 6.07 Å². The quantitative estimate of drug-likeness (QED) is 0.818. The number of nitrogens with one attached hydrogen (secondary N) is 1. The fraction of sp³-hybridized carbons (Fsp3) is 0.214. The summed E-state index contributed by atoms with van der Waals surface area (Å²) in [5, 5.41) is 6.59. The monoisotopic (exact) mass is 272 g/mol. The van der Waals surface area contributed by atoms with Crippen LogP contribution >= 0.6 is 0 Å². The minimum atomic E-state index is -0.327. The average molecular weight is 272 g/mol. The van der Waals surface area contributed by atoms with Crippen LogP contribution in [-0.2, 0) is 11.3 Å². The molecule has 2 aromatic rings. The Morgan fingerprint density at radius 3 is 2.75 bits per heavy atom. The SMILES string of the molecule is Cc1cnn(CC(=O)Nc2ccc(C)c(N)c2)c(=O)c1. The van der Waals surface area contributed by atoms with Crippen molar-refractivity contribution in [1.82, 2.24) is 9.78 Å². The first-order valence-corrected chi connectivity index (χ1v) is 6.15. The van der Waals surface area contributed by atoms with Gasteiger partial charge in [0.15, 0.2) is 0 Å². The van der Waals surface area contributed by atoms with Crippen LogP contribution in [0.1, 0.15) is 11.1 Å². The molecule has 0 atom stereocenters. The highest BCUT2D eigenvalue weighted by molar-refractivity contribution is 5.91. The molecule has 0 saturated heterocycles. The normalized spacial score (nSPS) is 10.3. The molecule has 104 valence electrons. The van der Waals surface area contributed by atoms with Gasteiger partial charge in [-0.25, -0.2) is 4.68 Å². The molecule has 1 aromatic carbocycles. The number of anilines is 2. The van der Waals surface area contributed by atoms with Crippen LogP contribution in [0.4, 0.5) is 11.4 Å². The molecule has 0 saturated carbocycles. The van der Waals surface area contributed by atoms with Crippen molar-refractivity contribution in [2.75, 3.05) is 11.1 Å². The van der Waals surface area contributed by atoms with Crippen LogP contribution in [-0.4, -0.2) is 15.7 Å². The second-order valence-electron chi connectivity index (χ2n) is 4.65. The number of rotatable bonds is 3. The lowest BCUT2D eigenvalue weighted by atomic mass is 10.2. The van der Waals surface area contributed by atoms with Gasteiger partial charge in [-0.15, -0.1) is 0 Å². The Kier molecular flexibility index (Phi) is 3.84. The van der Waals surface area contributed by atoms with E-state index in [-0.39, 0.29) is 18.0 Å². The van der Waals surface area contributed by atoms with Gasteiger partial charge in [0.25, 0.3) is 5.56 Å². The van der Waals surface area contributed by atoms with Crippen LogP contribution < -0.4 is 16.6 Å². The number of aryl methyl sites for hydroxylation is 2. The average Bonchev–Trinajstić information content (AvgIpc) is 2.37. The third-order valence-corrected chi connectivity index (χ3v) is 2.86. The molecule has 0 radical (unpaired) electrons. The molecule has 3 N–H and O–H groups in total. The maximum Gasteiger partial charge on any atom is 0.267 e. The van der Waals surface area contributed by atoms with Crippen LogP contribution in [0.15, 0.2) is 35.3 Å². The van der Waals surface area contributed by atoms with E-state index < -0.39 is 0 Å². The highest BCUT2D eigenvalue weighted by Crippen LogP contribution is 2.16. The molecule has 0 spiro atoms. The Morgan fingerprint density at radius 1 is 1.35 bits per heavy atom. The standard InChI is InChI=1S/C14H16N4O2/c1-9-5-14(20)18(16-7-9)8-13(19)17-11-4-3-10(2)12(15)6-11/h3-7H,8,15H2,1-2H3,(H,17,19). The van der Waals surface area contributed by atoms with E-state index in [0.717, 1.165) is 15.8 Å². The van der Waals surface area contributed by atoms with Crippen LogP contribution in [0.25, 0.3) is 0 Å². The summed E-state index contributed by atoms with van der Waals surface area (Å²) in [6.07, 6.45) is 1.54. The summed E-state index contributed by atoms with van der Waals surface area (Å²) >= 11 is 0. The smallest absolute Gasteiger partial charge is 0.267 e. The zero-order valence-electron chi connectivity index (χ0n) is 11.4. The van der Waals surface area contributed by atoms with Gasteiger partial charge in [-0.3, -0.25) is 9.59 Å². The predicted octanol–water partition coefficient (Wildman–Crippen LogP) is 1.08. The maximum absolute atomic E-state index is 11.9. The van der Waals surface area contributed by atoms with E-state index in [1.807, 2.05) is 13.0 Å². The molecule has 0 bridgehead atoms. The van der Waals surface area contributed by atoms with Crippen LogP contribution in [0, 0.1) is 13.8 Å². The molecular weight excluding hydrogens is 256 g/mol. The second kappa shape index (κ2) is 5.56. The molecule has 1 aromatic heterocycles. The van der Waals surface area contributed by atoms with Crippen LogP contribution in [0.3, 0.4) is 0 Å². The van der Waals surface area contributed by atoms with Gasteiger partial charge in [0.2, 0.25) is 5.91 Å². The van der Waals surface area contributed by atoms with Gasteiger partial charge in [0.05, 0.1) is 6.20 Å². The third kappa shape index (κ3) is 3.23. The number of benzene rings is 1. The zero-order valence-corrected chi connectivity index (χ0v) is 11.4. The minimum Gasteiger partial charge on any atom is -0.398 e. The Labute approximate surface area is 116 Å². The molecule has 1 heterocycles. The summed E-state index contributed by atoms with van der Waals surface area (Å²) in [5.41, 5.74) is 8.38. The first kappa shape index (κ1) is 13.8. The summed E-state index contributed by atoms with van der Waals surface area (Å²) in [5.74, 6) is -0.327. The van der Waals surface area contributed by atoms with E-state index in [0.29, 0.717) is 11.4 Å².